The Hall–Kier alpha value is -3.46. The third kappa shape index (κ3) is 6.81. The van der Waals surface area contributed by atoms with Crippen LogP contribution in [0.5, 0.6) is 11.5 Å². The van der Waals surface area contributed by atoms with Crippen molar-refractivity contribution in [2.45, 2.75) is 11.3 Å². The summed E-state index contributed by atoms with van der Waals surface area (Å²) < 4.78 is 34.8. The second-order valence-electron chi connectivity index (χ2n) is 7.99. The number of halogens is 1. The number of carbonyl (C=O) groups excluding carboxylic acids is 1. The standard InChI is InChI=1S/C28H25BrN2O4S/c29-23-15-17-25(18-16-23)36(33,34)31(20-19-22-9-3-1-4-10-22)21-28(32)30-26-13-7-8-14-27(26)35-24-11-5-2-6-12-24/h1-18H,19-21H2,(H,30,32). The Morgan fingerprint density at radius 1 is 0.806 bits per heavy atom. The first-order valence-electron chi connectivity index (χ1n) is 11.3. The fourth-order valence-corrected chi connectivity index (χ4v) is 5.22. The van der Waals surface area contributed by atoms with Crippen LogP contribution in [0.15, 0.2) is 119 Å². The normalized spacial score (nSPS) is 11.3. The highest BCUT2D eigenvalue weighted by Gasteiger charge is 2.27. The van der Waals surface area contributed by atoms with Gasteiger partial charge >= 0.3 is 0 Å². The first kappa shape index (κ1) is 25.6. The average Bonchev–Trinajstić information content (AvgIpc) is 2.89. The second-order valence-corrected chi connectivity index (χ2v) is 10.8. The topological polar surface area (TPSA) is 75.7 Å². The third-order valence-electron chi connectivity index (χ3n) is 5.40. The molecular formula is C28H25BrN2O4S. The van der Waals surface area contributed by atoms with Crippen molar-refractivity contribution in [1.82, 2.24) is 4.31 Å². The van der Waals surface area contributed by atoms with E-state index in [9.17, 15) is 13.2 Å². The zero-order valence-electron chi connectivity index (χ0n) is 19.4. The molecule has 0 bridgehead atoms. The van der Waals surface area contributed by atoms with Gasteiger partial charge in [-0.05, 0) is 60.5 Å². The number of rotatable bonds is 10. The predicted molar refractivity (Wildman–Crippen MR) is 145 cm³/mol. The van der Waals surface area contributed by atoms with Gasteiger partial charge in [0.05, 0.1) is 17.1 Å². The number of amides is 1. The highest BCUT2D eigenvalue weighted by atomic mass is 79.9. The molecule has 4 aromatic carbocycles. The lowest BCUT2D eigenvalue weighted by molar-refractivity contribution is -0.116. The van der Waals surface area contributed by atoms with E-state index in [0.29, 0.717) is 23.6 Å². The van der Waals surface area contributed by atoms with Crippen molar-refractivity contribution < 1.29 is 17.9 Å². The van der Waals surface area contributed by atoms with E-state index in [1.165, 1.54) is 16.4 Å². The van der Waals surface area contributed by atoms with E-state index in [1.807, 2.05) is 60.7 Å². The lowest BCUT2D eigenvalue weighted by Crippen LogP contribution is -2.39. The molecule has 4 aromatic rings. The third-order valence-corrected chi connectivity index (χ3v) is 7.78. The molecule has 1 amide bonds. The van der Waals surface area contributed by atoms with Crippen molar-refractivity contribution in [3.8, 4) is 11.5 Å². The van der Waals surface area contributed by atoms with E-state index in [2.05, 4.69) is 21.2 Å². The number of anilines is 1. The number of nitrogens with zero attached hydrogens (tertiary/aromatic N) is 1. The first-order chi connectivity index (χ1) is 17.4. The summed E-state index contributed by atoms with van der Waals surface area (Å²) in [4.78, 5) is 13.2. The number of sulfonamides is 1. The minimum absolute atomic E-state index is 0.124. The molecule has 0 fully saturated rings. The van der Waals surface area contributed by atoms with E-state index in [0.717, 1.165) is 10.0 Å². The molecule has 0 heterocycles. The quantitative estimate of drug-likeness (QED) is 0.252. The highest BCUT2D eigenvalue weighted by molar-refractivity contribution is 9.10. The average molecular weight is 565 g/mol. The van der Waals surface area contributed by atoms with Gasteiger partial charge in [0.2, 0.25) is 15.9 Å². The number of carbonyl (C=O) groups is 1. The van der Waals surface area contributed by atoms with Crippen LogP contribution < -0.4 is 10.1 Å². The van der Waals surface area contributed by atoms with Crippen LogP contribution in [0.4, 0.5) is 5.69 Å². The molecule has 0 aromatic heterocycles. The maximum absolute atomic E-state index is 13.5. The summed E-state index contributed by atoms with van der Waals surface area (Å²) in [6.45, 7) is -0.192. The number of benzene rings is 4. The lowest BCUT2D eigenvalue weighted by atomic mass is 10.1. The summed E-state index contributed by atoms with van der Waals surface area (Å²) in [5, 5.41) is 2.81. The molecule has 1 N–H and O–H groups in total. The van der Waals surface area contributed by atoms with Gasteiger partial charge in [-0.3, -0.25) is 4.79 Å². The molecule has 0 aliphatic carbocycles. The minimum Gasteiger partial charge on any atom is -0.455 e. The van der Waals surface area contributed by atoms with Crippen LogP contribution >= 0.6 is 15.9 Å². The highest BCUT2D eigenvalue weighted by Crippen LogP contribution is 2.29. The summed E-state index contributed by atoms with van der Waals surface area (Å²) in [7, 11) is -3.91. The Morgan fingerprint density at radius 3 is 2.11 bits per heavy atom. The van der Waals surface area contributed by atoms with Gasteiger partial charge in [0.1, 0.15) is 5.75 Å². The molecule has 0 aliphatic rings. The molecule has 0 atom stereocenters. The Bertz CT molecular complexity index is 1400. The molecular weight excluding hydrogens is 540 g/mol. The van der Waals surface area contributed by atoms with E-state index in [-0.39, 0.29) is 18.0 Å². The van der Waals surface area contributed by atoms with Crippen LogP contribution in [0, 0.1) is 0 Å². The van der Waals surface area contributed by atoms with E-state index < -0.39 is 15.9 Å². The monoisotopic (exact) mass is 564 g/mol. The maximum atomic E-state index is 13.5. The fraction of sp³-hybridized carbons (Fsp3) is 0.107. The number of hydrogen-bond donors (Lipinski definition) is 1. The van der Waals surface area contributed by atoms with Crippen molar-refractivity contribution >= 4 is 37.5 Å². The van der Waals surface area contributed by atoms with Crippen LogP contribution in [-0.2, 0) is 21.2 Å². The smallest absolute Gasteiger partial charge is 0.243 e. The van der Waals surface area contributed by atoms with Crippen molar-refractivity contribution in [1.29, 1.82) is 0 Å². The van der Waals surface area contributed by atoms with Gasteiger partial charge in [-0.2, -0.15) is 4.31 Å². The maximum Gasteiger partial charge on any atom is 0.243 e. The van der Waals surface area contributed by atoms with Crippen molar-refractivity contribution in [2.75, 3.05) is 18.4 Å². The van der Waals surface area contributed by atoms with Gasteiger partial charge in [0, 0.05) is 11.0 Å². The molecule has 0 spiro atoms. The van der Waals surface area contributed by atoms with Gasteiger partial charge in [0.15, 0.2) is 5.75 Å². The largest absolute Gasteiger partial charge is 0.455 e. The van der Waals surface area contributed by atoms with Gasteiger partial charge < -0.3 is 10.1 Å². The molecule has 0 aliphatic heterocycles. The van der Waals surface area contributed by atoms with E-state index in [1.54, 1.807) is 36.4 Å². The van der Waals surface area contributed by atoms with E-state index in [4.69, 9.17) is 4.74 Å². The molecule has 8 heteroatoms. The second kappa shape index (κ2) is 12.0. The molecule has 0 saturated carbocycles. The number of nitrogens with one attached hydrogen (secondary N) is 1. The van der Waals surface area contributed by atoms with Crippen molar-refractivity contribution in [3.63, 3.8) is 0 Å². The Morgan fingerprint density at radius 2 is 1.42 bits per heavy atom. The minimum atomic E-state index is -3.91. The number of hydrogen-bond acceptors (Lipinski definition) is 4. The van der Waals surface area contributed by atoms with E-state index >= 15 is 0 Å². The van der Waals surface area contributed by atoms with Crippen molar-refractivity contribution in [3.05, 3.63) is 119 Å². The molecule has 184 valence electrons. The zero-order valence-corrected chi connectivity index (χ0v) is 21.8. The van der Waals surface area contributed by atoms with Crippen molar-refractivity contribution in [2.24, 2.45) is 0 Å². The summed E-state index contributed by atoms with van der Waals surface area (Å²) in [5.41, 5.74) is 1.44. The molecule has 36 heavy (non-hydrogen) atoms. The van der Waals surface area contributed by atoms with Gasteiger partial charge in [-0.25, -0.2) is 8.42 Å². The fourth-order valence-electron chi connectivity index (χ4n) is 3.56. The molecule has 4 rings (SSSR count). The molecule has 6 nitrogen and oxygen atoms in total. The van der Waals surface area contributed by atoms with Crippen LogP contribution in [0.1, 0.15) is 5.56 Å². The summed E-state index contributed by atoms with van der Waals surface area (Å²) in [6.07, 6.45) is 0.470. The summed E-state index contributed by atoms with van der Waals surface area (Å²) >= 11 is 3.33. The Balaban J connectivity index is 1.54. The van der Waals surface area contributed by atoms with Crippen LogP contribution in [-0.4, -0.2) is 31.7 Å². The van der Waals surface area contributed by atoms with Gasteiger partial charge in [-0.1, -0.05) is 76.6 Å². The SMILES string of the molecule is O=C(CN(CCc1ccccc1)S(=O)(=O)c1ccc(Br)cc1)Nc1ccccc1Oc1ccccc1. The predicted octanol–water partition coefficient (Wildman–Crippen LogP) is 6.11. The number of para-hydroxylation sites is 3. The molecule has 0 radical (unpaired) electrons. The van der Waals surface area contributed by atoms with Crippen LogP contribution in [0.3, 0.4) is 0 Å². The molecule has 0 unspecified atom stereocenters. The first-order valence-corrected chi connectivity index (χ1v) is 13.6. The molecule has 0 saturated heterocycles. The zero-order chi connectivity index (χ0) is 25.4. The van der Waals surface area contributed by atoms with Gasteiger partial charge in [0.25, 0.3) is 0 Å². The summed E-state index contributed by atoms with van der Waals surface area (Å²) in [6, 6.07) is 32.2. The Kier molecular flexibility index (Phi) is 8.53. The van der Waals surface area contributed by atoms with Crippen LogP contribution in [0.2, 0.25) is 0 Å². The Labute approximate surface area is 219 Å². The van der Waals surface area contributed by atoms with Crippen LogP contribution in [0.25, 0.3) is 0 Å². The lowest BCUT2D eigenvalue weighted by Gasteiger charge is -2.22. The summed E-state index contributed by atoms with van der Waals surface area (Å²) in [5.74, 6) is 0.623. The van der Waals surface area contributed by atoms with Gasteiger partial charge in [-0.15, -0.1) is 0 Å². The number of ether oxygens (including phenoxy) is 1.